The SMILES string of the molecule is O=C(O)c1cccc(CN2CCC3(CCCN(Cc4ccccc4)C3)C2)c1. The van der Waals surface area contributed by atoms with Crippen molar-refractivity contribution in [3.63, 3.8) is 0 Å². The van der Waals surface area contributed by atoms with Gasteiger partial charge in [-0.1, -0.05) is 42.5 Å². The molecule has 0 saturated carbocycles. The molecule has 2 aliphatic heterocycles. The molecule has 4 rings (SSSR count). The molecule has 27 heavy (non-hydrogen) atoms. The Morgan fingerprint density at radius 3 is 2.37 bits per heavy atom. The van der Waals surface area contributed by atoms with Crippen LogP contribution in [0.1, 0.15) is 40.7 Å². The van der Waals surface area contributed by atoms with Crippen LogP contribution in [0.3, 0.4) is 0 Å². The van der Waals surface area contributed by atoms with Crippen molar-refractivity contribution < 1.29 is 9.90 Å². The normalized spacial score (nSPS) is 23.7. The minimum Gasteiger partial charge on any atom is -0.478 e. The molecule has 2 aromatic rings. The van der Waals surface area contributed by atoms with Crippen LogP contribution in [-0.2, 0) is 13.1 Å². The van der Waals surface area contributed by atoms with Gasteiger partial charge in [0.1, 0.15) is 0 Å². The monoisotopic (exact) mass is 364 g/mol. The summed E-state index contributed by atoms with van der Waals surface area (Å²) in [6, 6.07) is 18.1. The van der Waals surface area contributed by atoms with Crippen molar-refractivity contribution in [2.75, 3.05) is 26.2 Å². The molecule has 1 N–H and O–H groups in total. The van der Waals surface area contributed by atoms with Gasteiger partial charge < -0.3 is 5.11 Å². The van der Waals surface area contributed by atoms with E-state index in [4.69, 9.17) is 0 Å². The number of rotatable bonds is 5. The minimum absolute atomic E-state index is 0.383. The van der Waals surface area contributed by atoms with Gasteiger partial charge in [-0.05, 0) is 61.0 Å². The van der Waals surface area contributed by atoms with Gasteiger partial charge in [-0.2, -0.15) is 0 Å². The lowest BCUT2D eigenvalue weighted by Gasteiger charge is -2.40. The van der Waals surface area contributed by atoms with Crippen molar-refractivity contribution in [2.24, 2.45) is 5.41 Å². The van der Waals surface area contributed by atoms with Crippen LogP contribution in [0, 0.1) is 5.41 Å². The van der Waals surface area contributed by atoms with E-state index in [1.807, 2.05) is 18.2 Å². The molecular weight excluding hydrogens is 336 g/mol. The van der Waals surface area contributed by atoms with E-state index in [1.54, 1.807) is 6.07 Å². The van der Waals surface area contributed by atoms with Gasteiger partial charge in [0.15, 0.2) is 0 Å². The third-order valence-electron chi connectivity index (χ3n) is 6.09. The topological polar surface area (TPSA) is 43.8 Å². The third-order valence-corrected chi connectivity index (χ3v) is 6.09. The number of aromatic carboxylic acids is 1. The van der Waals surface area contributed by atoms with E-state index < -0.39 is 5.97 Å². The lowest BCUT2D eigenvalue weighted by Crippen LogP contribution is -2.44. The molecule has 0 aromatic heterocycles. The Morgan fingerprint density at radius 2 is 1.59 bits per heavy atom. The highest BCUT2D eigenvalue weighted by Gasteiger charge is 2.41. The van der Waals surface area contributed by atoms with Gasteiger partial charge in [0.25, 0.3) is 0 Å². The van der Waals surface area contributed by atoms with Gasteiger partial charge >= 0.3 is 5.97 Å². The summed E-state index contributed by atoms with van der Waals surface area (Å²) in [5.74, 6) is -0.849. The number of likely N-dealkylation sites (tertiary alicyclic amines) is 2. The van der Waals surface area contributed by atoms with Crippen molar-refractivity contribution in [1.82, 2.24) is 9.80 Å². The number of carboxylic acid groups (broad SMARTS) is 1. The number of hydrogen-bond donors (Lipinski definition) is 1. The minimum atomic E-state index is -0.849. The van der Waals surface area contributed by atoms with Crippen LogP contribution < -0.4 is 0 Å². The number of piperidine rings is 1. The fraction of sp³-hybridized carbons (Fsp3) is 0.435. The molecule has 1 atom stereocenters. The van der Waals surface area contributed by atoms with Crippen molar-refractivity contribution in [1.29, 1.82) is 0 Å². The number of benzene rings is 2. The maximum atomic E-state index is 11.2. The number of hydrogen-bond acceptors (Lipinski definition) is 3. The van der Waals surface area contributed by atoms with Gasteiger partial charge in [-0.25, -0.2) is 4.79 Å². The van der Waals surface area contributed by atoms with Crippen molar-refractivity contribution in [3.05, 3.63) is 71.3 Å². The zero-order valence-corrected chi connectivity index (χ0v) is 15.8. The van der Waals surface area contributed by atoms with E-state index in [-0.39, 0.29) is 0 Å². The molecule has 2 heterocycles. The first-order chi connectivity index (χ1) is 13.1. The summed E-state index contributed by atoms with van der Waals surface area (Å²) < 4.78 is 0. The van der Waals surface area contributed by atoms with Crippen molar-refractivity contribution in [2.45, 2.75) is 32.4 Å². The smallest absolute Gasteiger partial charge is 0.335 e. The van der Waals surface area contributed by atoms with Crippen molar-refractivity contribution in [3.8, 4) is 0 Å². The third kappa shape index (κ3) is 4.40. The first-order valence-electron chi connectivity index (χ1n) is 9.93. The molecule has 0 amide bonds. The van der Waals surface area contributed by atoms with E-state index in [0.717, 1.165) is 31.7 Å². The van der Waals surface area contributed by atoms with Gasteiger partial charge in [0.2, 0.25) is 0 Å². The van der Waals surface area contributed by atoms with E-state index in [0.29, 0.717) is 11.0 Å². The highest BCUT2D eigenvalue weighted by molar-refractivity contribution is 5.87. The Kier molecular flexibility index (Phi) is 5.28. The van der Waals surface area contributed by atoms with Crippen molar-refractivity contribution >= 4 is 5.97 Å². The van der Waals surface area contributed by atoms with Crippen LogP contribution in [0.5, 0.6) is 0 Å². The van der Waals surface area contributed by atoms with E-state index in [2.05, 4.69) is 40.1 Å². The lowest BCUT2D eigenvalue weighted by molar-refractivity contribution is 0.0696. The largest absolute Gasteiger partial charge is 0.478 e. The molecule has 4 heteroatoms. The Balaban J connectivity index is 1.37. The summed E-state index contributed by atoms with van der Waals surface area (Å²) in [5, 5.41) is 9.20. The summed E-state index contributed by atoms with van der Waals surface area (Å²) >= 11 is 0. The predicted molar refractivity (Wildman–Crippen MR) is 107 cm³/mol. The second-order valence-corrected chi connectivity index (χ2v) is 8.27. The van der Waals surface area contributed by atoms with Crippen LogP contribution in [0.25, 0.3) is 0 Å². The molecule has 2 aromatic carbocycles. The van der Waals surface area contributed by atoms with Gasteiger partial charge in [0, 0.05) is 26.2 Å². The number of nitrogens with zero attached hydrogens (tertiary/aromatic N) is 2. The van der Waals surface area contributed by atoms with E-state index >= 15 is 0 Å². The van der Waals surface area contributed by atoms with Gasteiger partial charge in [-0.15, -0.1) is 0 Å². The summed E-state index contributed by atoms with van der Waals surface area (Å²) in [4.78, 5) is 16.3. The fourth-order valence-electron chi connectivity index (χ4n) is 4.84. The molecular formula is C23H28N2O2. The first-order valence-corrected chi connectivity index (χ1v) is 9.93. The zero-order valence-electron chi connectivity index (χ0n) is 15.8. The second-order valence-electron chi connectivity index (χ2n) is 8.27. The molecule has 2 fully saturated rings. The molecule has 1 unspecified atom stereocenters. The van der Waals surface area contributed by atoms with E-state index in [1.165, 1.54) is 37.9 Å². The predicted octanol–water partition coefficient (Wildman–Crippen LogP) is 3.87. The summed E-state index contributed by atoms with van der Waals surface area (Å²) in [6.45, 7) is 6.49. The lowest BCUT2D eigenvalue weighted by atomic mass is 9.79. The molecule has 0 radical (unpaired) electrons. The van der Waals surface area contributed by atoms with Crippen LogP contribution in [0.4, 0.5) is 0 Å². The summed E-state index contributed by atoms with van der Waals surface area (Å²) in [5.41, 5.74) is 3.28. The Morgan fingerprint density at radius 1 is 0.889 bits per heavy atom. The van der Waals surface area contributed by atoms with Crippen LogP contribution in [-0.4, -0.2) is 47.1 Å². The highest BCUT2D eigenvalue weighted by Crippen LogP contribution is 2.39. The number of carbonyl (C=O) groups is 1. The molecule has 1 spiro atoms. The summed E-state index contributed by atoms with van der Waals surface area (Å²) in [6.07, 6.45) is 3.83. The zero-order chi connectivity index (χ0) is 18.7. The van der Waals surface area contributed by atoms with Gasteiger partial charge in [-0.3, -0.25) is 9.80 Å². The van der Waals surface area contributed by atoms with Crippen LogP contribution >= 0.6 is 0 Å². The molecule has 2 aliphatic rings. The van der Waals surface area contributed by atoms with Gasteiger partial charge in [0.05, 0.1) is 5.56 Å². The summed E-state index contributed by atoms with van der Waals surface area (Å²) in [7, 11) is 0. The standard InChI is InChI=1S/C23H28N2O2/c26-22(27)21-9-4-8-20(14-21)16-25-13-11-23(18-25)10-5-12-24(17-23)15-19-6-2-1-3-7-19/h1-4,6-9,14H,5,10-13,15-18H2,(H,26,27). The maximum absolute atomic E-state index is 11.2. The average molecular weight is 364 g/mol. The first kappa shape index (κ1) is 18.2. The quantitative estimate of drug-likeness (QED) is 0.875. The van der Waals surface area contributed by atoms with Crippen LogP contribution in [0.2, 0.25) is 0 Å². The van der Waals surface area contributed by atoms with Crippen LogP contribution in [0.15, 0.2) is 54.6 Å². The highest BCUT2D eigenvalue weighted by atomic mass is 16.4. The molecule has 0 aliphatic carbocycles. The van der Waals surface area contributed by atoms with E-state index in [9.17, 15) is 9.90 Å². The fourth-order valence-corrected chi connectivity index (χ4v) is 4.84. The molecule has 0 bridgehead atoms. The Bertz CT molecular complexity index is 792. The molecule has 142 valence electrons. The second kappa shape index (κ2) is 7.83. The average Bonchev–Trinajstić information content (AvgIpc) is 3.04. The Hall–Kier alpha value is -2.17. The Labute approximate surface area is 161 Å². The molecule has 4 nitrogen and oxygen atoms in total. The molecule has 2 saturated heterocycles. The number of carboxylic acids is 1. The maximum Gasteiger partial charge on any atom is 0.335 e.